The summed E-state index contributed by atoms with van der Waals surface area (Å²) in [6, 6.07) is 0. The molecule has 0 aliphatic rings. The Morgan fingerprint density at radius 2 is 2.28 bits per heavy atom. The molecule has 102 valence electrons. The molecule has 7 nitrogen and oxygen atoms in total. The molecule has 1 aromatic rings. The minimum Gasteiger partial charge on any atom is -0.396 e. The molecule has 7 heteroatoms. The van der Waals surface area contributed by atoms with Gasteiger partial charge >= 0.3 is 5.69 Å². The van der Waals surface area contributed by atoms with Crippen molar-refractivity contribution in [3.8, 4) is 0 Å². The summed E-state index contributed by atoms with van der Waals surface area (Å²) < 4.78 is 1.49. The molecule has 0 radical (unpaired) electrons. The number of rotatable bonds is 7. The molecule has 18 heavy (non-hydrogen) atoms. The van der Waals surface area contributed by atoms with Gasteiger partial charge in [-0.25, -0.2) is 4.68 Å². The van der Waals surface area contributed by atoms with Crippen LogP contribution in [0.25, 0.3) is 0 Å². The summed E-state index contributed by atoms with van der Waals surface area (Å²) in [4.78, 5) is 10.5. The molecule has 1 aromatic heterocycles. The number of aliphatic hydroxyl groups excluding tert-OH is 1. The second-order valence-corrected chi connectivity index (χ2v) is 4.52. The first kappa shape index (κ1) is 14.4. The fourth-order valence-corrected chi connectivity index (χ4v) is 1.81. The molecule has 1 rings (SSSR count). The Hall–Kier alpha value is -1.63. The van der Waals surface area contributed by atoms with E-state index in [4.69, 9.17) is 5.11 Å². The van der Waals surface area contributed by atoms with Gasteiger partial charge in [-0.1, -0.05) is 6.92 Å². The van der Waals surface area contributed by atoms with Gasteiger partial charge in [0.25, 0.3) is 0 Å². The predicted molar refractivity (Wildman–Crippen MR) is 68.6 cm³/mol. The summed E-state index contributed by atoms with van der Waals surface area (Å²) in [5, 5.41) is 26.9. The van der Waals surface area contributed by atoms with Crippen LogP contribution in [0.3, 0.4) is 0 Å². The molecular weight excluding hydrogens is 236 g/mol. The highest BCUT2D eigenvalue weighted by Crippen LogP contribution is 2.27. The maximum Gasteiger partial charge on any atom is 0.333 e. The molecule has 0 saturated heterocycles. The van der Waals surface area contributed by atoms with E-state index in [9.17, 15) is 10.1 Å². The lowest BCUT2D eigenvalue weighted by Gasteiger charge is -2.09. The number of aryl methyl sites for hydroxylation is 2. The Morgan fingerprint density at radius 3 is 2.83 bits per heavy atom. The maximum atomic E-state index is 10.9. The summed E-state index contributed by atoms with van der Waals surface area (Å²) in [5.41, 5.74) is 0.446. The van der Waals surface area contributed by atoms with Gasteiger partial charge in [0.15, 0.2) is 0 Å². The number of hydrogen-bond donors (Lipinski definition) is 2. The summed E-state index contributed by atoms with van der Waals surface area (Å²) in [7, 11) is 1.68. The molecule has 1 atom stereocenters. The lowest BCUT2D eigenvalue weighted by atomic mass is 10.1. The molecule has 0 amide bonds. The molecule has 2 N–H and O–H groups in total. The largest absolute Gasteiger partial charge is 0.396 e. The topological polar surface area (TPSA) is 93.2 Å². The van der Waals surface area contributed by atoms with Crippen LogP contribution in [0.2, 0.25) is 0 Å². The second-order valence-electron chi connectivity index (χ2n) is 4.52. The van der Waals surface area contributed by atoms with Crippen molar-refractivity contribution in [2.75, 3.05) is 18.5 Å². The average molecular weight is 256 g/mol. The highest BCUT2D eigenvalue weighted by molar-refractivity contribution is 5.59. The number of aromatic nitrogens is 2. The molecule has 0 aromatic carbocycles. The Balaban J connectivity index is 2.59. The number of nitrogens with zero attached hydrogens (tertiary/aromatic N) is 3. The first-order chi connectivity index (χ1) is 8.47. The third-order valence-electron chi connectivity index (χ3n) is 2.85. The van der Waals surface area contributed by atoms with Gasteiger partial charge in [0.2, 0.25) is 5.82 Å². The van der Waals surface area contributed by atoms with Gasteiger partial charge in [0.05, 0.1) is 4.92 Å². The molecule has 1 heterocycles. The Kier molecular flexibility index (Phi) is 5.08. The number of aliphatic hydroxyl groups is 1. The van der Waals surface area contributed by atoms with Crippen molar-refractivity contribution >= 4 is 11.5 Å². The number of nitro groups is 1. The van der Waals surface area contributed by atoms with E-state index in [0.717, 1.165) is 12.8 Å². The molecular formula is C11H20N4O3. The van der Waals surface area contributed by atoms with Gasteiger partial charge in [0, 0.05) is 20.2 Å². The molecule has 1 unspecified atom stereocenters. The average Bonchev–Trinajstić information content (AvgIpc) is 2.59. The van der Waals surface area contributed by atoms with E-state index in [1.54, 1.807) is 14.0 Å². The first-order valence-electron chi connectivity index (χ1n) is 6.00. The normalized spacial score (nSPS) is 12.4. The van der Waals surface area contributed by atoms with E-state index in [0.29, 0.717) is 18.1 Å². The van der Waals surface area contributed by atoms with Gasteiger partial charge in [-0.3, -0.25) is 10.1 Å². The van der Waals surface area contributed by atoms with Gasteiger partial charge < -0.3 is 10.4 Å². The Morgan fingerprint density at radius 1 is 1.61 bits per heavy atom. The highest BCUT2D eigenvalue weighted by Gasteiger charge is 2.23. The Labute approximate surface area is 106 Å². The molecule has 0 saturated carbocycles. The molecule has 0 bridgehead atoms. The lowest BCUT2D eigenvalue weighted by molar-refractivity contribution is -0.384. The van der Waals surface area contributed by atoms with E-state index in [1.165, 1.54) is 4.68 Å². The van der Waals surface area contributed by atoms with Crippen molar-refractivity contribution in [1.29, 1.82) is 0 Å². The lowest BCUT2D eigenvalue weighted by Crippen LogP contribution is -2.10. The van der Waals surface area contributed by atoms with Crippen LogP contribution in [-0.2, 0) is 7.05 Å². The first-order valence-corrected chi connectivity index (χ1v) is 6.00. The standard InChI is InChI=1S/C11H20N4O3/c1-8(7-16)5-4-6-12-11-10(15(17)18)9(2)13-14(11)3/h8,12,16H,4-7H2,1-3H3. The van der Waals surface area contributed by atoms with Crippen LogP contribution in [0.5, 0.6) is 0 Å². The van der Waals surface area contributed by atoms with Gasteiger partial charge in [-0.05, 0) is 25.7 Å². The van der Waals surface area contributed by atoms with Crippen molar-refractivity contribution in [3.05, 3.63) is 15.8 Å². The quantitative estimate of drug-likeness (QED) is 0.437. The smallest absolute Gasteiger partial charge is 0.333 e. The summed E-state index contributed by atoms with van der Waals surface area (Å²) in [5.74, 6) is 0.698. The van der Waals surface area contributed by atoms with Crippen LogP contribution in [0.15, 0.2) is 0 Å². The van der Waals surface area contributed by atoms with Crippen molar-refractivity contribution < 1.29 is 10.0 Å². The van der Waals surface area contributed by atoms with E-state index in [2.05, 4.69) is 10.4 Å². The predicted octanol–water partition coefficient (Wildman–Crippen LogP) is 1.46. The van der Waals surface area contributed by atoms with E-state index in [-0.39, 0.29) is 18.2 Å². The summed E-state index contributed by atoms with van der Waals surface area (Å²) >= 11 is 0. The zero-order valence-electron chi connectivity index (χ0n) is 11.0. The molecule has 0 aliphatic heterocycles. The van der Waals surface area contributed by atoms with Crippen LogP contribution < -0.4 is 5.32 Å². The van der Waals surface area contributed by atoms with Crippen LogP contribution in [0, 0.1) is 23.0 Å². The fraction of sp³-hybridized carbons (Fsp3) is 0.727. The maximum absolute atomic E-state index is 10.9. The number of nitrogens with one attached hydrogen (secondary N) is 1. The van der Waals surface area contributed by atoms with Crippen molar-refractivity contribution in [1.82, 2.24) is 9.78 Å². The van der Waals surface area contributed by atoms with Gasteiger partial charge in [-0.15, -0.1) is 0 Å². The highest BCUT2D eigenvalue weighted by atomic mass is 16.6. The van der Waals surface area contributed by atoms with Crippen molar-refractivity contribution in [3.63, 3.8) is 0 Å². The van der Waals surface area contributed by atoms with Crippen LogP contribution >= 0.6 is 0 Å². The van der Waals surface area contributed by atoms with Crippen molar-refractivity contribution in [2.24, 2.45) is 13.0 Å². The number of anilines is 1. The molecule has 0 spiro atoms. The van der Waals surface area contributed by atoms with E-state index in [1.807, 2.05) is 6.92 Å². The molecule has 0 aliphatic carbocycles. The second kappa shape index (κ2) is 6.34. The van der Waals surface area contributed by atoms with Crippen LogP contribution in [0.1, 0.15) is 25.5 Å². The van der Waals surface area contributed by atoms with Crippen LogP contribution in [0.4, 0.5) is 11.5 Å². The SMILES string of the molecule is Cc1nn(C)c(NCCCC(C)CO)c1[N+](=O)[O-]. The third kappa shape index (κ3) is 3.43. The van der Waals surface area contributed by atoms with Gasteiger partial charge in [-0.2, -0.15) is 5.10 Å². The minimum atomic E-state index is -0.416. The summed E-state index contributed by atoms with van der Waals surface area (Å²) in [6.45, 7) is 4.39. The van der Waals surface area contributed by atoms with Crippen LogP contribution in [-0.4, -0.2) is 33.0 Å². The van der Waals surface area contributed by atoms with E-state index >= 15 is 0 Å². The number of hydrogen-bond acceptors (Lipinski definition) is 5. The minimum absolute atomic E-state index is 0.0349. The third-order valence-corrected chi connectivity index (χ3v) is 2.85. The monoisotopic (exact) mass is 256 g/mol. The fourth-order valence-electron chi connectivity index (χ4n) is 1.81. The van der Waals surface area contributed by atoms with Crippen molar-refractivity contribution in [2.45, 2.75) is 26.7 Å². The zero-order chi connectivity index (χ0) is 13.7. The van der Waals surface area contributed by atoms with Gasteiger partial charge in [0.1, 0.15) is 5.69 Å². The zero-order valence-corrected chi connectivity index (χ0v) is 11.0. The molecule has 0 fully saturated rings. The Bertz CT molecular complexity index is 417. The van der Waals surface area contributed by atoms with E-state index < -0.39 is 4.92 Å². The summed E-state index contributed by atoms with van der Waals surface area (Å²) in [6.07, 6.45) is 1.73.